The molecule has 1 N–H and O–H groups in total. The molecular formula is C42H55F3N6O4. The summed E-state index contributed by atoms with van der Waals surface area (Å²) in [5.41, 5.74) is 3.12. The molecule has 2 aliphatic heterocycles. The molecule has 5 atom stereocenters. The summed E-state index contributed by atoms with van der Waals surface area (Å²) in [5, 5.41) is 11.4. The van der Waals surface area contributed by atoms with Gasteiger partial charge in [0.15, 0.2) is 11.5 Å². The number of hydrogen-bond acceptors (Lipinski definition) is 9. The van der Waals surface area contributed by atoms with Gasteiger partial charge in [-0.1, -0.05) is 25.5 Å². The van der Waals surface area contributed by atoms with Crippen LogP contribution in [0.1, 0.15) is 97.9 Å². The van der Waals surface area contributed by atoms with Gasteiger partial charge in [0.2, 0.25) is 5.88 Å². The number of carbonyl (C=O) groups is 1. The summed E-state index contributed by atoms with van der Waals surface area (Å²) in [7, 11) is 2.13. The Balaban J connectivity index is 0.000000229. The molecule has 0 bridgehead atoms. The molecule has 55 heavy (non-hydrogen) atoms. The average Bonchev–Trinajstić information content (AvgIpc) is 3.60. The number of nitrogens with one attached hydrogen (secondary N) is 1. The van der Waals surface area contributed by atoms with Crippen LogP contribution in [0, 0.1) is 17.3 Å². The fraction of sp³-hybridized carbons (Fsp3) is 0.619. The lowest BCUT2D eigenvalue weighted by Crippen LogP contribution is -2.44. The molecule has 5 aliphatic rings. The molecule has 4 fully saturated rings. The zero-order valence-corrected chi connectivity index (χ0v) is 32.2. The van der Waals surface area contributed by atoms with Crippen molar-refractivity contribution in [2.24, 2.45) is 17.3 Å². The fourth-order valence-corrected chi connectivity index (χ4v) is 9.46. The van der Waals surface area contributed by atoms with Crippen molar-refractivity contribution in [3.05, 3.63) is 71.0 Å². The smallest absolute Gasteiger partial charge is 0.433 e. The molecular weight excluding hydrogens is 709 g/mol. The van der Waals surface area contributed by atoms with Crippen LogP contribution in [0.2, 0.25) is 0 Å². The van der Waals surface area contributed by atoms with E-state index in [1.807, 2.05) is 6.07 Å². The summed E-state index contributed by atoms with van der Waals surface area (Å²) in [5.74, 6) is 4.17. The highest BCUT2D eigenvalue weighted by atomic mass is 19.4. The van der Waals surface area contributed by atoms with E-state index in [9.17, 15) is 18.0 Å². The maximum Gasteiger partial charge on any atom is 0.433 e. The highest BCUT2D eigenvalue weighted by Gasteiger charge is 2.50. The van der Waals surface area contributed by atoms with Crippen LogP contribution in [0.5, 0.6) is 11.6 Å². The van der Waals surface area contributed by atoms with E-state index >= 15 is 0 Å². The quantitative estimate of drug-likeness (QED) is 0.225. The second-order valence-corrected chi connectivity index (χ2v) is 16.2. The molecule has 0 radical (unpaired) electrons. The molecule has 5 unspecified atom stereocenters. The van der Waals surface area contributed by atoms with Gasteiger partial charge in [-0.2, -0.15) is 13.2 Å². The summed E-state index contributed by atoms with van der Waals surface area (Å²) in [6.07, 6.45) is 7.32. The summed E-state index contributed by atoms with van der Waals surface area (Å²) in [4.78, 5) is 20.4. The first-order valence-electron chi connectivity index (χ1n) is 20.2. The van der Waals surface area contributed by atoms with Crippen molar-refractivity contribution < 1.29 is 32.2 Å². The van der Waals surface area contributed by atoms with Gasteiger partial charge in [-0.25, -0.2) is 4.98 Å². The van der Waals surface area contributed by atoms with E-state index in [0.717, 1.165) is 80.8 Å². The number of amides is 1. The average molecular weight is 765 g/mol. The number of aryl methyl sites for hydroxylation is 1. The van der Waals surface area contributed by atoms with Gasteiger partial charge in [0.1, 0.15) is 17.5 Å². The SMILES string of the molecule is CN1CCN(c2ccc(C(=O)NCCCOc3ccc4c(c3)CCC3C4CCC4(C)CCCC34)nn2)CC1.FC(F)(F)c1cccc(OC2CCCOC2)n1. The van der Waals surface area contributed by atoms with Gasteiger partial charge >= 0.3 is 6.18 Å². The van der Waals surface area contributed by atoms with E-state index in [-0.39, 0.29) is 17.9 Å². The molecule has 298 valence electrons. The minimum atomic E-state index is -4.44. The lowest BCUT2D eigenvalue weighted by atomic mass is 9.56. The van der Waals surface area contributed by atoms with Crippen molar-refractivity contribution in [3.63, 3.8) is 0 Å². The lowest BCUT2D eigenvalue weighted by molar-refractivity contribution is -0.141. The van der Waals surface area contributed by atoms with E-state index in [0.29, 0.717) is 37.5 Å². The van der Waals surface area contributed by atoms with Crippen molar-refractivity contribution in [1.29, 1.82) is 0 Å². The predicted octanol–water partition coefficient (Wildman–Crippen LogP) is 7.33. The van der Waals surface area contributed by atoms with Crippen molar-refractivity contribution >= 4 is 11.7 Å². The molecule has 2 aromatic heterocycles. The zero-order valence-electron chi connectivity index (χ0n) is 32.2. The van der Waals surface area contributed by atoms with Crippen LogP contribution in [0.3, 0.4) is 0 Å². The van der Waals surface area contributed by atoms with Crippen LogP contribution < -0.4 is 19.7 Å². The second-order valence-electron chi connectivity index (χ2n) is 16.2. The van der Waals surface area contributed by atoms with Crippen molar-refractivity contribution in [3.8, 4) is 11.6 Å². The number of benzene rings is 1. The maximum atomic E-state index is 12.5. The van der Waals surface area contributed by atoms with Gasteiger partial charge < -0.3 is 29.3 Å². The van der Waals surface area contributed by atoms with Crippen molar-refractivity contribution in [1.82, 2.24) is 25.4 Å². The van der Waals surface area contributed by atoms with Gasteiger partial charge in [0, 0.05) is 45.4 Å². The minimum absolute atomic E-state index is 0.00433. The number of rotatable bonds is 9. The van der Waals surface area contributed by atoms with E-state index in [1.54, 1.807) is 11.6 Å². The molecule has 2 saturated heterocycles. The van der Waals surface area contributed by atoms with Gasteiger partial charge in [-0.05, 0) is 129 Å². The number of halogens is 3. The van der Waals surface area contributed by atoms with Crippen LogP contribution >= 0.6 is 0 Å². The molecule has 0 spiro atoms. The Morgan fingerprint density at radius 3 is 2.62 bits per heavy atom. The van der Waals surface area contributed by atoms with E-state index in [1.165, 1.54) is 62.6 Å². The summed E-state index contributed by atoms with van der Waals surface area (Å²) < 4.78 is 53.8. The number of carbonyl (C=O) groups excluding carboxylic acids is 1. The van der Waals surface area contributed by atoms with Crippen molar-refractivity contribution in [2.45, 2.75) is 89.3 Å². The molecule has 8 rings (SSSR count). The van der Waals surface area contributed by atoms with Crippen LogP contribution in [0.4, 0.5) is 19.0 Å². The maximum absolute atomic E-state index is 12.5. The Bertz CT molecular complexity index is 1730. The van der Waals surface area contributed by atoms with Gasteiger partial charge in [-0.15, -0.1) is 10.2 Å². The Morgan fingerprint density at radius 2 is 1.85 bits per heavy atom. The Labute approximate surface area is 322 Å². The number of ether oxygens (including phenoxy) is 3. The minimum Gasteiger partial charge on any atom is -0.494 e. The summed E-state index contributed by atoms with van der Waals surface area (Å²) >= 11 is 0. The molecule has 1 aromatic carbocycles. The molecule has 10 nitrogen and oxygen atoms in total. The number of hydrogen-bond donors (Lipinski definition) is 1. The molecule has 3 aliphatic carbocycles. The normalized spacial score (nSPS) is 26.5. The monoisotopic (exact) mass is 764 g/mol. The summed E-state index contributed by atoms with van der Waals surface area (Å²) in [6, 6.07) is 14.1. The number of pyridine rings is 1. The van der Waals surface area contributed by atoms with E-state index in [4.69, 9.17) is 14.2 Å². The largest absolute Gasteiger partial charge is 0.494 e. The first kappa shape index (κ1) is 39.3. The Morgan fingerprint density at radius 1 is 1.00 bits per heavy atom. The number of piperazine rings is 1. The van der Waals surface area contributed by atoms with Crippen LogP contribution in [0.15, 0.2) is 48.5 Å². The van der Waals surface area contributed by atoms with E-state index < -0.39 is 11.9 Å². The second kappa shape index (κ2) is 17.4. The molecule has 4 heterocycles. The Hall–Kier alpha value is -3.97. The number of alkyl halides is 3. The molecule has 13 heteroatoms. The molecule has 3 aromatic rings. The predicted molar refractivity (Wildman–Crippen MR) is 204 cm³/mol. The highest BCUT2D eigenvalue weighted by molar-refractivity contribution is 5.92. The standard InChI is InChI=1S/C31H43N5O2.C11H12F3NO2/c1-31-13-3-5-27(31)26-8-6-22-21-23(7-9-24(22)25(26)12-14-31)38-20-4-15-32-30(37)28-10-11-29(34-33-28)36-18-16-35(2)17-19-36;12-11(13,14)9-4-1-5-10(15-9)17-8-3-2-6-16-7-8/h7,9-11,21,25-27H,3-6,8,12-20H2,1-2H3,(H,32,37);1,4-5,8H,2-3,6-7H2. The molecule has 1 amide bonds. The first-order valence-corrected chi connectivity index (χ1v) is 20.2. The fourth-order valence-electron chi connectivity index (χ4n) is 9.46. The first-order chi connectivity index (χ1) is 26.6. The van der Waals surface area contributed by atoms with Crippen molar-refractivity contribution in [2.75, 3.05) is 64.5 Å². The zero-order chi connectivity index (χ0) is 38.4. The lowest BCUT2D eigenvalue weighted by Gasteiger charge is -2.49. The van der Waals surface area contributed by atoms with Crippen LogP contribution in [-0.4, -0.2) is 91.7 Å². The third kappa shape index (κ3) is 9.71. The summed E-state index contributed by atoms with van der Waals surface area (Å²) in [6.45, 7) is 8.66. The molecule has 2 saturated carbocycles. The number of anilines is 1. The van der Waals surface area contributed by atoms with Gasteiger partial charge in [-0.3, -0.25) is 4.79 Å². The van der Waals surface area contributed by atoms with Gasteiger partial charge in [0.25, 0.3) is 5.91 Å². The third-order valence-electron chi connectivity index (χ3n) is 12.5. The van der Waals surface area contributed by atoms with E-state index in [2.05, 4.69) is 62.5 Å². The number of fused-ring (bicyclic) bond motifs is 5. The Kier molecular flexibility index (Phi) is 12.5. The van der Waals surface area contributed by atoms with Crippen LogP contribution in [0.25, 0.3) is 0 Å². The number of nitrogens with zero attached hydrogens (tertiary/aromatic N) is 5. The number of likely N-dealkylation sites (N-methyl/N-ethyl adjacent to an activating group) is 1. The highest BCUT2D eigenvalue weighted by Crippen LogP contribution is 2.60. The van der Waals surface area contributed by atoms with Crippen LogP contribution in [-0.2, 0) is 17.3 Å². The topological polar surface area (TPSA) is 102 Å². The number of aromatic nitrogens is 3. The van der Waals surface area contributed by atoms with Gasteiger partial charge in [0.05, 0.1) is 13.2 Å². The third-order valence-corrected chi connectivity index (χ3v) is 12.5.